The number of aliphatic hydroxyl groups is 1. The van der Waals surface area contributed by atoms with E-state index in [2.05, 4.69) is 30.3 Å². The van der Waals surface area contributed by atoms with Crippen LogP contribution in [0.25, 0.3) is 0 Å². The minimum absolute atomic E-state index is 0. The van der Waals surface area contributed by atoms with E-state index in [-0.39, 0.29) is 31.6 Å². The third kappa shape index (κ3) is 6.23. The van der Waals surface area contributed by atoms with Gasteiger partial charge in [-0.05, 0) is 37.1 Å². The molecule has 0 unspecified atom stereocenters. The second-order valence-electron chi connectivity index (χ2n) is 5.39. The Morgan fingerprint density at radius 1 is 1.12 bits per heavy atom. The molecule has 0 spiro atoms. The van der Waals surface area contributed by atoms with Crippen LogP contribution in [-0.2, 0) is 26.5 Å². The molecule has 0 saturated carbocycles. The fourth-order valence-electron chi connectivity index (χ4n) is 2.36. The first-order valence-corrected chi connectivity index (χ1v) is 7.58. The average molecular weight is 500 g/mol. The Kier molecular flexibility index (Phi) is 8.31. The molecule has 1 aliphatic heterocycles. The first kappa shape index (κ1) is 20.0. The maximum absolute atomic E-state index is 8.40. The van der Waals surface area contributed by atoms with Gasteiger partial charge in [0.05, 0.1) is 24.4 Å². The molecule has 2 aromatic carbocycles. The Morgan fingerprint density at radius 3 is 2.42 bits per heavy atom. The molecule has 0 bridgehead atoms. The zero-order valence-corrected chi connectivity index (χ0v) is 16.2. The minimum atomic E-state index is 0. The summed E-state index contributed by atoms with van der Waals surface area (Å²) in [6.07, 6.45) is 3.37. The van der Waals surface area contributed by atoms with Crippen LogP contribution in [-0.4, -0.2) is 21.4 Å². The van der Waals surface area contributed by atoms with Crippen molar-refractivity contribution in [1.29, 1.82) is 0 Å². The van der Waals surface area contributed by atoms with Crippen molar-refractivity contribution in [3.63, 3.8) is 0 Å². The van der Waals surface area contributed by atoms with Crippen LogP contribution in [0.2, 0.25) is 0 Å². The topological polar surface area (TPSA) is 54.0 Å². The molecule has 2 N–H and O–H groups in total. The van der Waals surface area contributed by atoms with E-state index in [1.807, 2.05) is 24.3 Å². The van der Waals surface area contributed by atoms with E-state index in [1.165, 1.54) is 25.5 Å². The van der Waals surface area contributed by atoms with Gasteiger partial charge in [-0.25, -0.2) is 0 Å². The molecule has 1 radical (unpaired) electrons. The summed E-state index contributed by atoms with van der Waals surface area (Å²) >= 11 is 0. The molecule has 0 saturated heterocycles. The van der Waals surface area contributed by atoms with Crippen LogP contribution in [0.5, 0.6) is 0 Å². The van der Waals surface area contributed by atoms with E-state index in [0.29, 0.717) is 0 Å². The van der Waals surface area contributed by atoms with E-state index in [9.17, 15) is 0 Å². The second-order valence-corrected chi connectivity index (χ2v) is 5.39. The van der Waals surface area contributed by atoms with Crippen molar-refractivity contribution < 1.29 is 30.0 Å². The van der Waals surface area contributed by atoms with Gasteiger partial charge in [-0.2, -0.15) is 0 Å². The van der Waals surface area contributed by atoms with Crippen molar-refractivity contribution in [2.75, 3.05) is 0 Å². The maximum atomic E-state index is 8.40. The normalized spacial score (nSPS) is 12.8. The average Bonchev–Trinajstić information content (AvgIpc) is 2.54. The zero-order chi connectivity index (χ0) is 16.7. The Hall–Kier alpha value is -2.03. The van der Waals surface area contributed by atoms with Crippen molar-refractivity contribution in [2.45, 2.75) is 26.7 Å². The largest absolute Gasteiger partial charge is 0.512 e. The van der Waals surface area contributed by atoms with Crippen molar-refractivity contribution in [3.8, 4) is 0 Å². The predicted molar refractivity (Wildman–Crippen MR) is 95.2 cm³/mol. The molecule has 24 heavy (non-hydrogen) atoms. The number of para-hydroxylation sites is 1. The van der Waals surface area contributed by atoms with Crippen molar-refractivity contribution in [1.82, 2.24) is 0 Å². The molecule has 3 rings (SSSR count). The SMILES string of the molecule is CC(=[OH+])/C=C(/C)O.[Ir].[c-]1ccccc1C1=Nc2ccccc2CC1. The van der Waals surface area contributed by atoms with Gasteiger partial charge in [0.2, 0.25) is 0 Å². The molecule has 4 heteroatoms. The van der Waals surface area contributed by atoms with Crippen LogP contribution in [0, 0.1) is 6.07 Å². The predicted octanol–water partition coefficient (Wildman–Crippen LogP) is 4.56. The number of hydrogen-bond donors (Lipinski definition) is 1. The summed E-state index contributed by atoms with van der Waals surface area (Å²) in [7, 11) is 0. The van der Waals surface area contributed by atoms with Crippen molar-refractivity contribution in [2.24, 2.45) is 4.99 Å². The zero-order valence-electron chi connectivity index (χ0n) is 13.8. The van der Waals surface area contributed by atoms with Gasteiger partial charge in [0.25, 0.3) is 0 Å². The Labute approximate surface area is 156 Å². The van der Waals surface area contributed by atoms with E-state index >= 15 is 0 Å². The minimum Gasteiger partial charge on any atom is -0.512 e. The number of carbonyl (C=O) groups excluding carboxylic acids is 1. The first-order chi connectivity index (χ1) is 11.1. The number of allylic oxidation sites excluding steroid dienone is 2. The van der Waals surface area contributed by atoms with Crippen LogP contribution in [0.15, 0.2) is 65.4 Å². The Bertz CT molecular complexity index is 732. The number of nitrogens with zero attached hydrogens (tertiary/aromatic N) is 1. The number of aliphatic imine (C=N–C) groups is 1. The van der Waals surface area contributed by atoms with Gasteiger partial charge in [-0.3, -0.25) is 4.79 Å². The molecule has 0 aromatic heterocycles. The summed E-state index contributed by atoms with van der Waals surface area (Å²) in [5.74, 6) is 0.250. The summed E-state index contributed by atoms with van der Waals surface area (Å²) in [6.45, 7) is 3.00. The molecular formula is C20H21IrNO2. The van der Waals surface area contributed by atoms with Crippen LogP contribution >= 0.6 is 0 Å². The molecule has 1 heterocycles. The maximum Gasteiger partial charge on any atom is 0.316 e. The Morgan fingerprint density at radius 2 is 1.83 bits per heavy atom. The standard InChI is InChI=1S/C15H12N.C5H8O2.Ir/c1-2-6-12(7-3-1)15-11-10-13-8-4-5-9-14(13)16-15;1-4(6)3-5(2)7;/h1-6,8-9H,10-11H2;3,6H,1-2H3;/q-1;;/p+1/b;4-3-;. The summed E-state index contributed by atoms with van der Waals surface area (Å²) in [4.78, 5) is 13.1. The monoisotopic (exact) mass is 500 g/mol. The van der Waals surface area contributed by atoms with E-state index < -0.39 is 0 Å². The number of ketones is 1. The van der Waals surface area contributed by atoms with Gasteiger partial charge in [-0.1, -0.05) is 18.2 Å². The number of rotatable bonds is 2. The van der Waals surface area contributed by atoms with Crippen molar-refractivity contribution in [3.05, 3.63) is 77.6 Å². The summed E-state index contributed by atoms with van der Waals surface area (Å²) in [5.41, 5.74) is 4.74. The molecule has 127 valence electrons. The second kappa shape index (κ2) is 9.96. The van der Waals surface area contributed by atoms with Gasteiger partial charge in [-0.15, -0.1) is 35.9 Å². The first-order valence-electron chi connectivity index (χ1n) is 7.58. The molecule has 0 amide bonds. The number of hydrogen-bond acceptors (Lipinski definition) is 2. The molecule has 2 aromatic rings. The van der Waals surface area contributed by atoms with Crippen LogP contribution in [0.1, 0.15) is 31.4 Å². The number of benzene rings is 2. The number of aryl methyl sites for hydroxylation is 1. The van der Waals surface area contributed by atoms with E-state index in [4.69, 9.17) is 14.9 Å². The van der Waals surface area contributed by atoms with Gasteiger partial charge in [0.1, 0.15) is 0 Å². The summed E-state index contributed by atoms with van der Waals surface area (Å²) in [6, 6.07) is 19.6. The smallest absolute Gasteiger partial charge is 0.316 e. The Balaban J connectivity index is 0.000000312. The molecule has 1 aliphatic rings. The van der Waals surface area contributed by atoms with Crippen LogP contribution in [0.4, 0.5) is 5.69 Å². The van der Waals surface area contributed by atoms with Crippen LogP contribution in [0.3, 0.4) is 0 Å². The summed E-state index contributed by atoms with van der Waals surface area (Å²) < 4.78 is 0. The molecular weight excluding hydrogens is 478 g/mol. The third-order valence-corrected chi connectivity index (χ3v) is 3.32. The van der Waals surface area contributed by atoms with Gasteiger partial charge in [0, 0.05) is 20.1 Å². The molecule has 3 nitrogen and oxygen atoms in total. The van der Waals surface area contributed by atoms with Gasteiger partial charge >= 0.3 is 5.78 Å². The van der Waals surface area contributed by atoms with Crippen LogP contribution < -0.4 is 0 Å². The quantitative estimate of drug-likeness (QED) is 0.280. The van der Waals surface area contributed by atoms with E-state index in [0.717, 1.165) is 29.8 Å². The fourth-order valence-corrected chi connectivity index (χ4v) is 2.36. The molecule has 0 fully saturated rings. The van der Waals surface area contributed by atoms with Crippen molar-refractivity contribution >= 4 is 17.2 Å². The number of aliphatic hydroxyl groups excluding tert-OH is 1. The number of fused-ring (bicyclic) bond motifs is 1. The third-order valence-electron chi connectivity index (χ3n) is 3.32. The summed E-state index contributed by atoms with van der Waals surface area (Å²) in [5, 5.41) is 8.40. The molecule has 0 aliphatic carbocycles. The fraction of sp³-hybridized carbons (Fsp3) is 0.200. The molecule has 0 atom stereocenters. The van der Waals surface area contributed by atoms with E-state index in [1.54, 1.807) is 0 Å². The van der Waals surface area contributed by atoms with Gasteiger partial charge < -0.3 is 10.1 Å². The van der Waals surface area contributed by atoms with Gasteiger partial charge in [0.15, 0.2) is 0 Å².